The monoisotopic (exact) mass is 296 g/mol. The minimum Gasteiger partial charge on any atom is -0.480 e. The van der Waals surface area contributed by atoms with E-state index in [0.717, 1.165) is 5.56 Å². The number of nitrogens with zero attached hydrogens (tertiary/aromatic N) is 1. The normalized spacial score (nSPS) is 14.9. The van der Waals surface area contributed by atoms with Gasteiger partial charge in [-0.1, -0.05) is 36.4 Å². The lowest BCUT2D eigenvalue weighted by Crippen LogP contribution is -2.54. The fraction of sp³-hybridized carbons (Fsp3) is 0.333. The van der Waals surface area contributed by atoms with Gasteiger partial charge in [0, 0.05) is 12.8 Å². The Hall–Kier alpha value is -2.08. The first-order chi connectivity index (χ1) is 9.97. The molecule has 0 aliphatic heterocycles. The number of rotatable bonds is 8. The lowest BCUT2D eigenvalue weighted by molar-refractivity contribution is -0.150. The maximum atomic E-state index is 12.6. The zero-order valence-corrected chi connectivity index (χ0v) is 11.5. The summed E-state index contributed by atoms with van der Waals surface area (Å²) in [6.45, 7) is 0.248. The fourth-order valence-electron chi connectivity index (χ4n) is 1.63. The number of halogens is 2. The second-order valence-corrected chi connectivity index (χ2v) is 4.57. The van der Waals surface area contributed by atoms with Crippen LogP contribution >= 0.6 is 0 Å². The number of allylic oxidation sites excluding steroid dienone is 1. The first-order valence-electron chi connectivity index (χ1n) is 6.49. The number of hydrogen-bond acceptors (Lipinski definition) is 3. The zero-order chi connectivity index (χ0) is 15.7. The van der Waals surface area contributed by atoms with Gasteiger partial charge < -0.3 is 10.8 Å². The van der Waals surface area contributed by atoms with E-state index in [9.17, 15) is 13.6 Å². The summed E-state index contributed by atoms with van der Waals surface area (Å²) in [5.74, 6) is -1.69. The molecule has 0 fully saturated rings. The van der Waals surface area contributed by atoms with Gasteiger partial charge in [-0.15, -0.1) is 0 Å². The molecule has 1 atom stereocenters. The fourth-order valence-corrected chi connectivity index (χ4v) is 1.63. The molecule has 1 aromatic carbocycles. The van der Waals surface area contributed by atoms with E-state index in [-0.39, 0.29) is 19.4 Å². The van der Waals surface area contributed by atoms with Crippen molar-refractivity contribution in [2.75, 3.05) is 6.54 Å². The van der Waals surface area contributed by atoms with Gasteiger partial charge in [-0.2, -0.15) is 0 Å². The summed E-state index contributed by atoms with van der Waals surface area (Å²) in [7, 11) is 0. The molecule has 1 unspecified atom stereocenters. The van der Waals surface area contributed by atoms with Gasteiger partial charge in [-0.05, 0) is 24.5 Å². The number of nitrogens with two attached hydrogens (primary N) is 1. The first-order valence-corrected chi connectivity index (χ1v) is 6.49. The van der Waals surface area contributed by atoms with Crippen LogP contribution in [0, 0.1) is 0 Å². The minimum atomic E-state index is -3.10. The van der Waals surface area contributed by atoms with Gasteiger partial charge in [-0.25, -0.2) is 13.6 Å². The third kappa shape index (κ3) is 5.43. The SMILES string of the molecule is NC(CCCN=CC=Cc1ccccc1)(C(=O)O)C(F)F. The van der Waals surface area contributed by atoms with Crippen molar-refractivity contribution in [3.05, 3.63) is 42.0 Å². The number of alkyl halides is 2. The molecule has 0 amide bonds. The number of carboxylic acid groups (broad SMARTS) is 1. The van der Waals surface area contributed by atoms with E-state index in [4.69, 9.17) is 10.8 Å². The van der Waals surface area contributed by atoms with E-state index >= 15 is 0 Å². The van der Waals surface area contributed by atoms with E-state index in [1.165, 1.54) is 0 Å². The third-order valence-corrected chi connectivity index (χ3v) is 2.94. The molecule has 0 spiro atoms. The molecule has 21 heavy (non-hydrogen) atoms. The predicted octanol–water partition coefficient (Wildman–Crippen LogP) is 2.60. The first kappa shape index (κ1) is 17.0. The van der Waals surface area contributed by atoms with Crippen LogP contribution in [0.2, 0.25) is 0 Å². The Labute approximate surface area is 122 Å². The van der Waals surface area contributed by atoms with Crippen molar-refractivity contribution in [2.45, 2.75) is 24.8 Å². The average Bonchev–Trinajstić information content (AvgIpc) is 2.46. The molecule has 0 aromatic heterocycles. The van der Waals surface area contributed by atoms with Crippen LogP contribution in [0.5, 0.6) is 0 Å². The Morgan fingerprint density at radius 2 is 2.05 bits per heavy atom. The maximum Gasteiger partial charge on any atom is 0.329 e. The predicted molar refractivity (Wildman–Crippen MR) is 78.6 cm³/mol. The van der Waals surface area contributed by atoms with Gasteiger partial charge in [0.25, 0.3) is 6.43 Å². The van der Waals surface area contributed by atoms with E-state index in [2.05, 4.69) is 4.99 Å². The Morgan fingerprint density at radius 1 is 1.38 bits per heavy atom. The van der Waals surface area contributed by atoms with E-state index in [1.54, 1.807) is 12.3 Å². The van der Waals surface area contributed by atoms with Crippen LogP contribution in [0.25, 0.3) is 6.08 Å². The molecule has 4 nitrogen and oxygen atoms in total. The van der Waals surface area contributed by atoms with Crippen LogP contribution in [0.3, 0.4) is 0 Å². The highest BCUT2D eigenvalue weighted by Gasteiger charge is 2.43. The Balaban J connectivity index is 2.35. The molecular weight excluding hydrogens is 278 g/mol. The molecule has 0 heterocycles. The van der Waals surface area contributed by atoms with E-state index in [1.807, 2.05) is 36.4 Å². The highest BCUT2D eigenvalue weighted by molar-refractivity contribution is 5.79. The van der Waals surface area contributed by atoms with Crippen molar-refractivity contribution in [1.29, 1.82) is 0 Å². The van der Waals surface area contributed by atoms with Gasteiger partial charge in [-0.3, -0.25) is 4.99 Å². The largest absolute Gasteiger partial charge is 0.480 e. The molecule has 0 aliphatic rings. The number of hydrogen-bond donors (Lipinski definition) is 2. The molecule has 6 heteroatoms. The van der Waals surface area contributed by atoms with E-state index in [0.29, 0.717) is 0 Å². The van der Waals surface area contributed by atoms with Gasteiger partial charge in [0.2, 0.25) is 0 Å². The van der Waals surface area contributed by atoms with Gasteiger partial charge >= 0.3 is 5.97 Å². The third-order valence-electron chi connectivity index (χ3n) is 2.94. The molecule has 1 rings (SSSR count). The quantitative estimate of drug-likeness (QED) is 0.572. The number of aliphatic carboxylic acids is 1. The van der Waals surface area contributed by atoms with Crippen LogP contribution < -0.4 is 5.73 Å². The van der Waals surface area contributed by atoms with Crippen molar-refractivity contribution in [3.8, 4) is 0 Å². The van der Waals surface area contributed by atoms with Crippen LogP contribution in [0.1, 0.15) is 18.4 Å². The molecule has 0 aliphatic carbocycles. The molecule has 3 N–H and O–H groups in total. The van der Waals surface area contributed by atoms with E-state index < -0.39 is 17.9 Å². The minimum absolute atomic E-state index is 0.183. The number of aliphatic imine (C=N–C) groups is 1. The summed E-state index contributed by atoms with van der Waals surface area (Å²) in [6.07, 6.45) is 1.90. The van der Waals surface area contributed by atoms with Crippen molar-refractivity contribution in [1.82, 2.24) is 0 Å². The van der Waals surface area contributed by atoms with Crippen LogP contribution in [-0.2, 0) is 4.79 Å². The summed E-state index contributed by atoms with van der Waals surface area (Å²) in [5, 5.41) is 8.72. The number of benzene rings is 1. The molecule has 0 radical (unpaired) electrons. The van der Waals surface area contributed by atoms with Crippen LogP contribution in [0.15, 0.2) is 41.4 Å². The summed E-state index contributed by atoms with van der Waals surface area (Å²) < 4.78 is 25.2. The molecule has 0 saturated carbocycles. The lowest BCUT2D eigenvalue weighted by Gasteiger charge is -2.22. The second-order valence-electron chi connectivity index (χ2n) is 4.57. The maximum absolute atomic E-state index is 12.6. The van der Waals surface area contributed by atoms with Gasteiger partial charge in [0.15, 0.2) is 5.54 Å². The summed E-state index contributed by atoms with van der Waals surface area (Å²) >= 11 is 0. The molecule has 0 saturated heterocycles. The van der Waals surface area contributed by atoms with Crippen LogP contribution in [-0.4, -0.2) is 35.8 Å². The highest BCUT2D eigenvalue weighted by atomic mass is 19.3. The zero-order valence-electron chi connectivity index (χ0n) is 11.5. The molecule has 114 valence electrons. The van der Waals surface area contributed by atoms with Crippen LogP contribution in [0.4, 0.5) is 8.78 Å². The van der Waals surface area contributed by atoms with Gasteiger partial charge in [0.1, 0.15) is 0 Å². The lowest BCUT2D eigenvalue weighted by atomic mass is 9.95. The Morgan fingerprint density at radius 3 is 2.62 bits per heavy atom. The van der Waals surface area contributed by atoms with Crippen molar-refractivity contribution in [2.24, 2.45) is 10.7 Å². The smallest absolute Gasteiger partial charge is 0.329 e. The highest BCUT2D eigenvalue weighted by Crippen LogP contribution is 2.19. The topological polar surface area (TPSA) is 75.7 Å². The van der Waals surface area contributed by atoms with Crippen molar-refractivity contribution < 1.29 is 18.7 Å². The summed E-state index contributed by atoms with van der Waals surface area (Å²) in [4.78, 5) is 14.7. The molecule has 0 bridgehead atoms. The van der Waals surface area contributed by atoms with Crippen molar-refractivity contribution >= 4 is 18.3 Å². The summed E-state index contributed by atoms with van der Waals surface area (Å²) in [5.41, 5.74) is 3.72. The number of carboxylic acids is 1. The molecular formula is C15H18F2N2O2. The number of carbonyl (C=O) groups is 1. The standard InChI is InChI=1S/C15H18F2N2O2/c16-13(17)15(18,14(20)21)9-5-11-19-10-4-8-12-6-2-1-3-7-12/h1-4,6-8,10,13H,5,9,11,18H2,(H,20,21). The molecule has 1 aromatic rings. The second kappa shape index (κ2) is 8.26. The Bertz CT molecular complexity index is 504. The summed E-state index contributed by atoms with van der Waals surface area (Å²) in [6, 6.07) is 9.60. The van der Waals surface area contributed by atoms with Crippen molar-refractivity contribution in [3.63, 3.8) is 0 Å². The van der Waals surface area contributed by atoms with Gasteiger partial charge in [0.05, 0.1) is 0 Å². The average molecular weight is 296 g/mol. The Kier molecular flexibility index (Phi) is 6.68.